The first-order valence-electron chi connectivity index (χ1n) is 6.47. The fourth-order valence-corrected chi connectivity index (χ4v) is 2.45. The van der Waals surface area contributed by atoms with E-state index in [1.165, 1.54) is 5.56 Å². The van der Waals surface area contributed by atoms with Gasteiger partial charge in [-0.1, -0.05) is 12.1 Å². The Kier molecular flexibility index (Phi) is 4.37. The summed E-state index contributed by atoms with van der Waals surface area (Å²) in [7, 11) is 0. The van der Waals surface area contributed by atoms with Gasteiger partial charge in [0.1, 0.15) is 0 Å². The molecule has 0 saturated carbocycles. The monoisotopic (exact) mass is 278 g/mol. The fraction of sp³-hybridized carbons (Fsp3) is 0.429. The number of carbonyl (C=O) groups is 1. The minimum absolute atomic E-state index is 0.148. The third-order valence-electron chi connectivity index (χ3n) is 3.09. The van der Waals surface area contributed by atoms with Crippen molar-refractivity contribution in [3.05, 3.63) is 28.5 Å². The van der Waals surface area contributed by atoms with E-state index >= 15 is 0 Å². The molecule has 0 radical (unpaired) electrons. The molecule has 102 valence electrons. The van der Waals surface area contributed by atoms with E-state index in [0.29, 0.717) is 17.8 Å². The molecule has 4 nitrogen and oxygen atoms in total. The summed E-state index contributed by atoms with van der Waals surface area (Å²) in [5.41, 5.74) is 3.34. The lowest BCUT2D eigenvalue weighted by atomic mass is 10.2. The van der Waals surface area contributed by atoms with E-state index in [2.05, 4.69) is 18.0 Å². The highest BCUT2D eigenvalue weighted by Gasteiger charge is 2.07. The van der Waals surface area contributed by atoms with Crippen molar-refractivity contribution in [2.45, 2.75) is 33.2 Å². The van der Waals surface area contributed by atoms with E-state index in [0.717, 1.165) is 24.0 Å². The topological polar surface area (TPSA) is 47.0 Å². The first-order valence-corrected chi connectivity index (χ1v) is 6.88. The van der Waals surface area contributed by atoms with Crippen molar-refractivity contribution in [1.29, 1.82) is 0 Å². The second-order valence-electron chi connectivity index (χ2n) is 4.46. The number of para-hydroxylation sites is 1. The van der Waals surface area contributed by atoms with Crippen LogP contribution in [0.25, 0.3) is 11.0 Å². The molecule has 5 heteroatoms. The minimum Gasteiger partial charge on any atom is -0.466 e. The molecule has 0 aliphatic rings. The highest BCUT2D eigenvalue weighted by Crippen LogP contribution is 2.18. The number of esters is 1. The van der Waals surface area contributed by atoms with E-state index in [1.807, 2.05) is 23.6 Å². The molecule has 1 heterocycles. The van der Waals surface area contributed by atoms with Gasteiger partial charge in [-0.05, 0) is 44.1 Å². The van der Waals surface area contributed by atoms with Crippen LogP contribution in [0.2, 0.25) is 0 Å². The lowest BCUT2D eigenvalue weighted by Crippen LogP contribution is -2.06. The number of carbonyl (C=O) groups excluding carboxylic acids is 1. The summed E-state index contributed by atoms with van der Waals surface area (Å²) in [5.74, 6) is -0.148. The van der Waals surface area contributed by atoms with Gasteiger partial charge in [-0.3, -0.25) is 4.79 Å². The molecule has 1 N–H and O–H groups in total. The summed E-state index contributed by atoms with van der Waals surface area (Å²) in [4.78, 5) is 14.5. The number of aromatic amines is 1. The molecule has 1 aromatic heterocycles. The molecule has 0 bridgehead atoms. The average molecular weight is 278 g/mol. The number of aryl methyl sites for hydroxylation is 2. The first kappa shape index (κ1) is 13.8. The van der Waals surface area contributed by atoms with Crippen molar-refractivity contribution >= 4 is 29.2 Å². The van der Waals surface area contributed by atoms with Crippen LogP contribution in [0.4, 0.5) is 0 Å². The zero-order valence-electron chi connectivity index (χ0n) is 11.2. The van der Waals surface area contributed by atoms with Gasteiger partial charge in [-0.15, -0.1) is 0 Å². The number of fused-ring (bicyclic) bond motifs is 1. The van der Waals surface area contributed by atoms with Gasteiger partial charge >= 0.3 is 5.97 Å². The van der Waals surface area contributed by atoms with Gasteiger partial charge < -0.3 is 14.3 Å². The molecule has 2 rings (SSSR count). The average Bonchev–Trinajstić information content (AvgIpc) is 2.68. The summed E-state index contributed by atoms with van der Waals surface area (Å²) >= 11 is 5.33. The third-order valence-corrected chi connectivity index (χ3v) is 3.41. The van der Waals surface area contributed by atoms with Crippen LogP contribution in [0, 0.1) is 11.7 Å². The van der Waals surface area contributed by atoms with E-state index in [9.17, 15) is 4.79 Å². The molecular formula is C14H18N2O2S. The van der Waals surface area contributed by atoms with Crippen molar-refractivity contribution in [2.24, 2.45) is 0 Å². The standard InChI is InChI=1S/C14H18N2O2S/c1-3-18-12(17)8-5-9-16-11-7-4-6-10(2)13(11)15-14(16)19/h4,6-7H,3,5,8-9H2,1-2H3,(H,15,19). The Balaban J connectivity index is 2.13. The summed E-state index contributed by atoms with van der Waals surface area (Å²) in [6, 6.07) is 6.11. The molecule has 0 aliphatic heterocycles. The number of benzene rings is 1. The molecule has 0 aliphatic carbocycles. The Bertz CT molecular complexity index is 642. The van der Waals surface area contributed by atoms with Crippen LogP contribution < -0.4 is 0 Å². The lowest BCUT2D eigenvalue weighted by molar-refractivity contribution is -0.143. The zero-order chi connectivity index (χ0) is 13.8. The molecule has 0 unspecified atom stereocenters. The first-order chi connectivity index (χ1) is 9.13. The molecule has 0 spiro atoms. The van der Waals surface area contributed by atoms with Gasteiger partial charge in [-0.25, -0.2) is 0 Å². The number of nitrogens with zero attached hydrogens (tertiary/aromatic N) is 1. The SMILES string of the molecule is CCOC(=O)CCCn1c(=S)[nH]c2c(C)cccc21. The van der Waals surface area contributed by atoms with Crippen LogP contribution in [0.5, 0.6) is 0 Å². The van der Waals surface area contributed by atoms with Crippen molar-refractivity contribution in [2.75, 3.05) is 6.61 Å². The Morgan fingerprint density at radius 2 is 2.26 bits per heavy atom. The number of rotatable bonds is 5. The third kappa shape index (κ3) is 3.04. The van der Waals surface area contributed by atoms with E-state index in [-0.39, 0.29) is 5.97 Å². The summed E-state index contributed by atoms with van der Waals surface area (Å²) in [6.07, 6.45) is 1.15. The molecule has 0 fully saturated rings. The van der Waals surface area contributed by atoms with Crippen molar-refractivity contribution < 1.29 is 9.53 Å². The number of hydrogen-bond acceptors (Lipinski definition) is 3. The van der Waals surface area contributed by atoms with Crippen LogP contribution in [0.15, 0.2) is 18.2 Å². The molecule has 1 aromatic carbocycles. The summed E-state index contributed by atoms with van der Waals surface area (Å²) in [5, 5.41) is 0. The van der Waals surface area contributed by atoms with Crippen molar-refractivity contribution in [3.8, 4) is 0 Å². The number of imidazole rings is 1. The largest absolute Gasteiger partial charge is 0.466 e. The Morgan fingerprint density at radius 3 is 3.00 bits per heavy atom. The van der Waals surface area contributed by atoms with Gasteiger partial charge in [0.15, 0.2) is 4.77 Å². The second kappa shape index (κ2) is 6.02. The minimum atomic E-state index is -0.148. The number of hydrogen-bond donors (Lipinski definition) is 1. The Hall–Kier alpha value is -1.62. The van der Waals surface area contributed by atoms with Crippen LogP contribution in [-0.4, -0.2) is 22.1 Å². The van der Waals surface area contributed by atoms with Crippen LogP contribution in [0.3, 0.4) is 0 Å². The Labute approximate surface area is 117 Å². The zero-order valence-corrected chi connectivity index (χ0v) is 12.0. The number of aromatic nitrogens is 2. The number of H-pyrrole nitrogens is 1. The predicted molar refractivity (Wildman–Crippen MR) is 77.7 cm³/mol. The quantitative estimate of drug-likeness (QED) is 0.674. The molecule has 0 saturated heterocycles. The van der Waals surface area contributed by atoms with Gasteiger partial charge in [0.25, 0.3) is 0 Å². The second-order valence-corrected chi connectivity index (χ2v) is 4.85. The maximum atomic E-state index is 11.3. The van der Waals surface area contributed by atoms with Gasteiger partial charge in [0.05, 0.1) is 17.6 Å². The molecule has 0 atom stereocenters. The van der Waals surface area contributed by atoms with Gasteiger partial charge in [0.2, 0.25) is 0 Å². The normalized spacial score (nSPS) is 10.8. The van der Waals surface area contributed by atoms with E-state index < -0.39 is 0 Å². The Morgan fingerprint density at radius 1 is 1.47 bits per heavy atom. The molecule has 0 amide bonds. The van der Waals surface area contributed by atoms with Crippen LogP contribution >= 0.6 is 12.2 Å². The van der Waals surface area contributed by atoms with Crippen LogP contribution in [0.1, 0.15) is 25.3 Å². The maximum Gasteiger partial charge on any atom is 0.305 e. The predicted octanol–water partition coefficient (Wildman–Crippen LogP) is 3.35. The molecular weight excluding hydrogens is 260 g/mol. The number of nitrogens with one attached hydrogen (secondary N) is 1. The summed E-state index contributed by atoms with van der Waals surface area (Å²) < 4.78 is 7.66. The van der Waals surface area contributed by atoms with Crippen LogP contribution in [-0.2, 0) is 16.1 Å². The van der Waals surface area contributed by atoms with Crippen molar-refractivity contribution in [1.82, 2.24) is 9.55 Å². The maximum absolute atomic E-state index is 11.3. The highest BCUT2D eigenvalue weighted by atomic mass is 32.1. The van der Waals surface area contributed by atoms with Gasteiger partial charge in [0, 0.05) is 13.0 Å². The fourth-order valence-electron chi connectivity index (χ4n) is 2.16. The number of ether oxygens (including phenoxy) is 1. The van der Waals surface area contributed by atoms with E-state index in [1.54, 1.807) is 0 Å². The van der Waals surface area contributed by atoms with Crippen molar-refractivity contribution in [3.63, 3.8) is 0 Å². The smallest absolute Gasteiger partial charge is 0.305 e. The summed E-state index contributed by atoms with van der Waals surface area (Å²) in [6.45, 7) is 5.03. The molecule has 19 heavy (non-hydrogen) atoms. The van der Waals surface area contributed by atoms with E-state index in [4.69, 9.17) is 17.0 Å². The van der Waals surface area contributed by atoms with Gasteiger partial charge in [-0.2, -0.15) is 0 Å². The lowest BCUT2D eigenvalue weighted by Gasteiger charge is -2.05. The highest BCUT2D eigenvalue weighted by molar-refractivity contribution is 7.71. The molecule has 2 aromatic rings.